The van der Waals surface area contributed by atoms with E-state index in [1.54, 1.807) is 24.3 Å². The number of hydrogen-bond donors (Lipinski definition) is 2. The van der Waals surface area contributed by atoms with Gasteiger partial charge in [0, 0.05) is 18.5 Å². The highest BCUT2D eigenvalue weighted by Crippen LogP contribution is 2.20. The fourth-order valence-electron chi connectivity index (χ4n) is 2.03. The highest BCUT2D eigenvalue weighted by Gasteiger charge is 2.15. The van der Waals surface area contributed by atoms with Crippen LogP contribution in [0.1, 0.15) is 23.7 Å². The maximum atomic E-state index is 12.2. The second-order valence-corrected chi connectivity index (χ2v) is 7.43. The Balaban J connectivity index is 1.90. The van der Waals surface area contributed by atoms with E-state index in [2.05, 4.69) is 10.0 Å². The summed E-state index contributed by atoms with van der Waals surface area (Å²) in [5.41, 5.74) is 0.898. The van der Waals surface area contributed by atoms with Crippen LogP contribution in [0.15, 0.2) is 53.4 Å². The molecular formula is C17H17ClN2O4S. The van der Waals surface area contributed by atoms with Crippen LogP contribution in [-0.2, 0) is 14.8 Å². The third-order valence-electron chi connectivity index (χ3n) is 3.36. The maximum Gasteiger partial charge on any atom is 0.240 e. The number of halogens is 1. The first kappa shape index (κ1) is 19.1. The number of carbonyl (C=O) groups is 2. The summed E-state index contributed by atoms with van der Waals surface area (Å²) < 4.78 is 26.7. The molecule has 2 aromatic rings. The van der Waals surface area contributed by atoms with Gasteiger partial charge in [-0.25, -0.2) is 13.1 Å². The van der Waals surface area contributed by atoms with Gasteiger partial charge < -0.3 is 5.32 Å². The summed E-state index contributed by atoms with van der Waals surface area (Å²) in [5.74, 6) is -0.504. The van der Waals surface area contributed by atoms with E-state index >= 15 is 0 Å². The summed E-state index contributed by atoms with van der Waals surface area (Å²) >= 11 is 5.94. The Morgan fingerprint density at radius 1 is 1.04 bits per heavy atom. The largest absolute Gasteiger partial charge is 0.325 e. The van der Waals surface area contributed by atoms with Crippen molar-refractivity contribution < 1.29 is 18.0 Å². The number of nitrogens with one attached hydrogen (secondary N) is 2. The molecular weight excluding hydrogens is 364 g/mol. The zero-order valence-electron chi connectivity index (χ0n) is 13.5. The van der Waals surface area contributed by atoms with Crippen molar-refractivity contribution in [2.24, 2.45) is 0 Å². The second-order valence-electron chi connectivity index (χ2n) is 5.26. The summed E-state index contributed by atoms with van der Waals surface area (Å²) in [4.78, 5) is 23.1. The van der Waals surface area contributed by atoms with Crippen molar-refractivity contribution in [1.82, 2.24) is 4.72 Å². The monoisotopic (exact) mass is 380 g/mol. The average Bonchev–Trinajstić information content (AvgIpc) is 2.57. The molecule has 2 N–H and O–H groups in total. The molecule has 1 amide bonds. The van der Waals surface area contributed by atoms with Gasteiger partial charge in [-0.3, -0.25) is 9.59 Å². The molecule has 0 aliphatic rings. The summed E-state index contributed by atoms with van der Waals surface area (Å²) in [6.07, 6.45) is -0.0457. The van der Waals surface area contributed by atoms with E-state index in [1.165, 1.54) is 31.2 Å². The molecule has 0 saturated carbocycles. The summed E-state index contributed by atoms with van der Waals surface area (Å²) in [6.45, 7) is 1.34. The molecule has 0 spiro atoms. The van der Waals surface area contributed by atoms with Crippen molar-refractivity contribution in [2.45, 2.75) is 18.2 Å². The maximum absolute atomic E-state index is 12.2. The van der Waals surface area contributed by atoms with Crippen LogP contribution in [0, 0.1) is 0 Å². The molecule has 6 nitrogen and oxygen atoms in total. The topological polar surface area (TPSA) is 92.3 Å². The van der Waals surface area contributed by atoms with Gasteiger partial charge >= 0.3 is 0 Å². The molecule has 25 heavy (non-hydrogen) atoms. The summed E-state index contributed by atoms with van der Waals surface area (Å²) in [7, 11) is -3.75. The molecule has 8 heteroatoms. The smallest absolute Gasteiger partial charge is 0.240 e. The van der Waals surface area contributed by atoms with Crippen LogP contribution in [0.3, 0.4) is 0 Å². The Kier molecular flexibility index (Phi) is 6.30. The predicted molar refractivity (Wildman–Crippen MR) is 96.3 cm³/mol. The lowest BCUT2D eigenvalue weighted by molar-refractivity contribution is -0.116. The molecule has 0 aliphatic heterocycles. The van der Waals surface area contributed by atoms with Crippen LogP contribution < -0.4 is 10.0 Å². The lowest BCUT2D eigenvalue weighted by atomic mass is 10.2. The number of amides is 1. The number of carbonyl (C=O) groups excluding carboxylic acids is 2. The molecule has 0 bridgehead atoms. The summed E-state index contributed by atoms with van der Waals surface area (Å²) in [6, 6.07) is 12.4. The van der Waals surface area contributed by atoms with Crippen LogP contribution in [0.2, 0.25) is 5.02 Å². The fraction of sp³-hybridized carbons (Fsp3) is 0.176. The standard InChI is InChI=1S/C17H17ClN2O4S/c1-12(21)13-6-8-14(9-7-13)25(23,24)19-11-10-17(22)20-16-5-3-2-4-15(16)18/h2-9,19H,10-11H2,1H3,(H,20,22). The minimum Gasteiger partial charge on any atom is -0.325 e. The number of sulfonamides is 1. The Bertz CT molecular complexity index is 880. The van der Waals surface area contributed by atoms with Gasteiger partial charge in [0.25, 0.3) is 0 Å². The Morgan fingerprint density at radius 3 is 2.28 bits per heavy atom. The van der Waals surface area contributed by atoms with Gasteiger partial charge in [-0.1, -0.05) is 35.9 Å². The number of rotatable bonds is 7. The number of ketones is 1. The quantitative estimate of drug-likeness (QED) is 0.722. The third kappa shape index (κ3) is 5.38. The average molecular weight is 381 g/mol. The fourth-order valence-corrected chi connectivity index (χ4v) is 3.24. The van der Waals surface area contributed by atoms with Crippen molar-refractivity contribution in [3.05, 3.63) is 59.1 Å². The van der Waals surface area contributed by atoms with Gasteiger partial charge in [-0.05, 0) is 31.2 Å². The molecule has 0 atom stereocenters. The zero-order valence-corrected chi connectivity index (χ0v) is 15.0. The minimum absolute atomic E-state index is 0.0315. The van der Waals surface area contributed by atoms with Crippen molar-refractivity contribution in [1.29, 1.82) is 0 Å². The first-order chi connectivity index (χ1) is 11.8. The Morgan fingerprint density at radius 2 is 1.68 bits per heavy atom. The molecule has 0 aliphatic carbocycles. The molecule has 0 heterocycles. The molecule has 132 valence electrons. The van der Waals surface area contributed by atoms with Gasteiger partial charge in [-0.15, -0.1) is 0 Å². The second kappa shape index (κ2) is 8.24. The van der Waals surface area contributed by atoms with Crippen LogP contribution >= 0.6 is 11.6 Å². The molecule has 0 fully saturated rings. The predicted octanol–water partition coefficient (Wildman–Crippen LogP) is 2.85. The van der Waals surface area contributed by atoms with Gasteiger partial charge in [0.15, 0.2) is 5.78 Å². The van der Waals surface area contributed by atoms with Crippen LogP contribution in [0.5, 0.6) is 0 Å². The van der Waals surface area contributed by atoms with E-state index in [0.717, 1.165) is 0 Å². The lowest BCUT2D eigenvalue weighted by Gasteiger charge is -2.09. The number of anilines is 1. The normalized spacial score (nSPS) is 11.1. The minimum atomic E-state index is -3.75. The molecule has 2 aromatic carbocycles. The van der Waals surface area contributed by atoms with Crippen molar-refractivity contribution in [3.8, 4) is 0 Å². The molecule has 0 aromatic heterocycles. The van der Waals surface area contributed by atoms with Crippen LogP contribution in [-0.4, -0.2) is 26.7 Å². The lowest BCUT2D eigenvalue weighted by Crippen LogP contribution is -2.27. The van der Waals surface area contributed by atoms with Gasteiger partial charge in [0.2, 0.25) is 15.9 Å². The van der Waals surface area contributed by atoms with Crippen LogP contribution in [0.25, 0.3) is 0 Å². The number of hydrogen-bond acceptors (Lipinski definition) is 4. The van der Waals surface area contributed by atoms with E-state index in [4.69, 9.17) is 11.6 Å². The van der Waals surface area contributed by atoms with Crippen LogP contribution in [0.4, 0.5) is 5.69 Å². The first-order valence-electron chi connectivity index (χ1n) is 7.44. The van der Waals surface area contributed by atoms with E-state index in [0.29, 0.717) is 16.3 Å². The highest BCUT2D eigenvalue weighted by atomic mass is 35.5. The summed E-state index contributed by atoms with van der Waals surface area (Å²) in [5, 5.41) is 3.02. The van der Waals surface area contributed by atoms with Gasteiger partial charge in [0.1, 0.15) is 0 Å². The third-order valence-corrected chi connectivity index (χ3v) is 5.17. The highest BCUT2D eigenvalue weighted by molar-refractivity contribution is 7.89. The molecule has 2 rings (SSSR count). The number of Topliss-reactive ketones (excluding diaryl/α,β-unsaturated/α-hetero) is 1. The van der Waals surface area contributed by atoms with Gasteiger partial charge in [-0.2, -0.15) is 0 Å². The Labute approximate surface area is 151 Å². The zero-order chi connectivity index (χ0) is 18.4. The molecule has 0 saturated heterocycles. The molecule has 0 radical (unpaired) electrons. The van der Waals surface area contributed by atoms with Gasteiger partial charge in [0.05, 0.1) is 15.6 Å². The van der Waals surface area contributed by atoms with E-state index in [-0.39, 0.29) is 29.6 Å². The van der Waals surface area contributed by atoms with Crippen molar-refractivity contribution in [2.75, 3.05) is 11.9 Å². The van der Waals surface area contributed by atoms with E-state index < -0.39 is 10.0 Å². The number of benzene rings is 2. The van der Waals surface area contributed by atoms with Crippen molar-refractivity contribution in [3.63, 3.8) is 0 Å². The van der Waals surface area contributed by atoms with E-state index in [1.807, 2.05) is 0 Å². The first-order valence-corrected chi connectivity index (χ1v) is 9.31. The van der Waals surface area contributed by atoms with Crippen molar-refractivity contribution >= 4 is 39.0 Å². The van der Waals surface area contributed by atoms with E-state index in [9.17, 15) is 18.0 Å². The molecule has 0 unspecified atom stereocenters. The number of para-hydroxylation sites is 1. The SMILES string of the molecule is CC(=O)c1ccc(S(=O)(=O)NCCC(=O)Nc2ccccc2Cl)cc1. The Hall–Kier alpha value is -2.22.